The molecule has 2 N–H and O–H groups in total. The Kier molecular flexibility index (Phi) is 7.31. The molecule has 46 heavy (non-hydrogen) atoms. The standard InChI is InChI=1S/C34H38N12/c1-43(21-23-13-5-3-6-14-23)33-37-31-35-27-19-11-9-17-25(27)29(45(31)41-33)39-40-30-26-18-10-12-20-28(26)36-32-38-34(42-46(30)32)44(2)22-24-15-7-4-8-16-24/h3-8,13-16,39-40H,9-12,17-22H2,1-2H3. The minimum atomic E-state index is 0.590. The molecule has 0 saturated carbocycles. The molecule has 0 fully saturated rings. The molecule has 0 bridgehead atoms. The van der Waals surface area contributed by atoms with E-state index in [1.165, 1.54) is 22.3 Å². The van der Waals surface area contributed by atoms with Gasteiger partial charge in [0.1, 0.15) is 0 Å². The van der Waals surface area contributed by atoms with Gasteiger partial charge in [0, 0.05) is 38.3 Å². The summed E-state index contributed by atoms with van der Waals surface area (Å²) in [7, 11) is 4.04. The number of hydrogen-bond acceptors (Lipinski definition) is 10. The van der Waals surface area contributed by atoms with Gasteiger partial charge in [-0.2, -0.15) is 19.0 Å². The SMILES string of the molecule is CN(Cc1ccccc1)c1nc2nc3c(c(NNc4c5c(nc6nc(N(C)Cc7ccccc7)nn46)CCCC5)n2n1)CCCC3. The average Bonchev–Trinajstić information content (AvgIpc) is 3.72. The maximum Gasteiger partial charge on any atom is 0.256 e. The number of hydrogen-bond donors (Lipinski definition) is 2. The zero-order valence-corrected chi connectivity index (χ0v) is 26.3. The summed E-state index contributed by atoms with van der Waals surface area (Å²) >= 11 is 0. The van der Waals surface area contributed by atoms with Gasteiger partial charge >= 0.3 is 0 Å². The van der Waals surface area contributed by atoms with E-state index in [-0.39, 0.29) is 0 Å². The summed E-state index contributed by atoms with van der Waals surface area (Å²) in [5.74, 6) is 4.17. The van der Waals surface area contributed by atoms with Crippen LogP contribution < -0.4 is 20.7 Å². The van der Waals surface area contributed by atoms with E-state index >= 15 is 0 Å². The van der Waals surface area contributed by atoms with Gasteiger partial charge in [0.2, 0.25) is 11.9 Å². The van der Waals surface area contributed by atoms with Gasteiger partial charge in [0.05, 0.1) is 11.4 Å². The first-order chi connectivity index (χ1) is 22.6. The largest absolute Gasteiger partial charge is 0.338 e. The second-order valence-electron chi connectivity index (χ2n) is 12.4. The third kappa shape index (κ3) is 5.33. The summed E-state index contributed by atoms with van der Waals surface area (Å²) in [5, 5.41) is 9.92. The first-order valence-corrected chi connectivity index (χ1v) is 16.2. The van der Waals surface area contributed by atoms with Crippen LogP contribution in [0.15, 0.2) is 60.7 Å². The van der Waals surface area contributed by atoms with Crippen LogP contribution in [0.2, 0.25) is 0 Å². The van der Waals surface area contributed by atoms with Gasteiger partial charge in [0.25, 0.3) is 11.6 Å². The highest BCUT2D eigenvalue weighted by Crippen LogP contribution is 2.31. The van der Waals surface area contributed by atoms with E-state index in [1.54, 1.807) is 0 Å². The van der Waals surface area contributed by atoms with Gasteiger partial charge in [-0.05, 0) is 62.5 Å². The van der Waals surface area contributed by atoms with Crippen LogP contribution in [0.3, 0.4) is 0 Å². The second-order valence-corrected chi connectivity index (χ2v) is 12.4. The van der Waals surface area contributed by atoms with Crippen molar-refractivity contribution >= 4 is 35.1 Å². The maximum absolute atomic E-state index is 4.97. The van der Waals surface area contributed by atoms with Crippen LogP contribution in [0, 0.1) is 0 Å². The highest BCUT2D eigenvalue weighted by atomic mass is 15.5. The molecule has 2 aliphatic carbocycles. The summed E-state index contributed by atoms with van der Waals surface area (Å²) in [6.07, 6.45) is 8.18. The van der Waals surface area contributed by atoms with Crippen LogP contribution in [-0.2, 0) is 38.8 Å². The number of aromatic nitrogens is 8. The van der Waals surface area contributed by atoms with E-state index in [1.807, 2.05) is 35.3 Å². The smallest absolute Gasteiger partial charge is 0.256 e. The van der Waals surface area contributed by atoms with Crippen molar-refractivity contribution in [3.63, 3.8) is 0 Å². The molecule has 234 valence electrons. The second kappa shape index (κ2) is 11.9. The van der Waals surface area contributed by atoms with Crippen LogP contribution in [-0.4, -0.2) is 53.3 Å². The van der Waals surface area contributed by atoms with E-state index < -0.39 is 0 Å². The molecule has 0 atom stereocenters. The summed E-state index contributed by atoms with van der Waals surface area (Å²) in [6.45, 7) is 1.40. The van der Waals surface area contributed by atoms with Crippen molar-refractivity contribution in [3.05, 3.63) is 94.3 Å². The third-order valence-electron chi connectivity index (χ3n) is 9.01. The van der Waals surface area contributed by atoms with Crippen LogP contribution in [0.25, 0.3) is 11.6 Å². The number of rotatable bonds is 9. The third-order valence-corrected chi connectivity index (χ3v) is 9.01. The van der Waals surface area contributed by atoms with Crippen molar-refractivity contribution in [3.8, 4) is 0 Å². The lowest BCUT2D eigenvalue weighted by Crippen LogP contribution is -2.23. The molecule has 2 aliphatic rings. The lowest BCUT2D eigenvalue weighted by Gasteiger charge is -2.23. The maximum atomic E-state index is 4.97. The number of nitrogens with one attached hydrogen (secondary N) is 2. The molecule has 0 unspecified atom stereocenters. The van der Waals surface area contributed by atoms with Gasteiger partial charge in [-0.15, -0.1) is 10.2 Å². The lowest BCUT2D eigenvalue weighted by molar-refractivity contribution is 0.658. The van der Waals surface area contributed by atoms with Gasteiger partial charge in [-0.1, -0.05) is 60.7 Å². The summed E-state index contributed by atoms with van der Waals surface area (Å²) in [6, 6.07) is 20.7. The van der Waals surface area contributed by atoms with Crippen LogP contribution in [0.5, 0.6) is 0 Å². The number of nitrogens with zero attached hydrogens (tertiary/aromatic N) is 10. The predicted molar refractivity (Wildman–Crippen MR) is 179 cm³/mol. The Balaban J connectivity index is 1.16. The fourth-order valence-electron chi connectivity index (χ4n) is 6.62. The summed E-state index contributed by atoms with van der Waals surface area (Å²) < 4.78 is 3.69. The predicted octanol–water partition coefficient (Wildman–Crippen LogP) is 5.03. The van der Waals surface area contributed by atoms with Crippen molar-refractivity contribution in [1.82, 2.24) is 39.2 Å². The molecular weight excluding hydrogens is 576 g/mol. The zero-order chi connectivity index (χ0) is 31.0. The molecule has 4 heterocycles. The van der Waals surface area contributed by atoms with Crippen LogP contribution in [0.4, 0.5) is 23.5 Å². The molecule has 4 aromatic heterocycles. The van der Waals surface area contributed by atoms with E-state index in [0.29, 0.717) is 36.5 Å². The molecule has 8 rings (SSSR count). The number of anilines is 4. The topological polar surface area (TPSA) is 117 Å². The normalized spacial score (nSPS) is 14.2. The minimum Gasteiger partial charge on any atom is -0.338 e. The van der Waals surface area contributed by atoms with Crippen LogP contribution in [0.1, 0.15) is 59.3 Å². The molecule has 0 radical (unpaired) electrons. The molecule has 6 aromatic rings. The van der Waals surface area contributed by atoms with Crippen molar-refractivity contribution < 1.29 is 0 Å². The minimum absolute atomic E-state index is 0.590. The highest BCUT2D eigenvalue weighted by molar-refractivity contribution is 5.62. The molecular formula is C34H38N12. The van der Waals surface area contributed by atoms with Gasteiger partial charge < -0.3 is 9.80 Å². The molecule has 12 nitrogen and oxygen atoms in total. The Morgan fingerprint density at radius 3 is 1.41 bits per heavy atom. The van der Waals surface area contributed by atoms with Gasteiger partial charge in [-0.25, -0.2) is 9.97 Å². The Bertz CT molecular complexity index is 1850. The van der Waals surface area contributed by atoms with E-state index in [2.05, 4.69) is 69.2 Å². The average molecular weight is 615 g/mol. The van der Waals surface area contributed by atoms with Gasteiger partial charge in [-0.3, -0.25) is 10.9 Å². The molecule has 0 aliphatic heterocycles. The first kappa shape index (κ1) is 28.2. The lowest BCUT2D eigenvalue weighted by atomic mass is 9.96. The molecule has 12 heteroatoms. The van der Waals surface area contributed by atoms with E-state index in [0.717, 1.165) is 74.4 Å². The van der Waals surface area contributed by atoms with E-state index in [4.69, 9.17) is 30.1 Å². The first-order valence-electron chi connectivity index (χ1n) is 16.2. The molecule has 0 saturated heterocycles. The summed E-state index contributed by atoms with van der Waals surface area (Å²) in [5.41, 5.74) is 14.1. The Morgan fingerprint density at radius 2 is 0.978 bits per heavy atom. The number of hydrazine groups is 1. The highest BCUT2D eigenvalue weighted by Gasteiger charge is 2.25. The molecule has 2 aromatic carbocycles. The fraction of sp³-hybridized carbons (Fsp3) is 0.353. The van der Waals surface area contributed by atoms with Crippen molar-refractivity contribution in [2.75, 3.05) is 34.7 Å². The Labute approximate surface area is 267 Å². The fourth-order valence-corrected chi connectivity index (χ4v) is 6.62. The zero-order valence-electron chi connectivity index (χ0n) is 26.3. The van der Waals surface area contributed by atoms with Gasteiger partial charge in [0.15, 0.2) is 11.6 Å². The number of fused-ring (bicyclic) bond motifs is 4. The number of aryl methyl sites for hydroxylation is 2. The van der Waals surface area contributed by atoms with Crippen molar-refractivity contribution in [2.24, 2.45) is 0 Å². The van der Waals surface area contributed by atoms with Crippen molar-refractivity contribution in [1.29, 1.82) is 0 Å². The van der Waals surface area contributed by atoms with Crippen molar-refractivity contribution in [2.45, 2.75) is 64.5 Å². The molecule has 0 spiro atoms. The Hall–Kier alpha value is -5.26. The number of benzene rings is 2. The van der Waals surface area contributed by atoms with Crippen LogP contribution >= 0.6 is 0 Å². The monoisotopic (exact) mass is 614 g/mol. The quantitative estimate of drug-likeness (QED) is 0.215. The summed E-state index contributed by atoms with van der Waals surface area (Å²) in [4.78, 5) is 23.8. The molecule has 0 amide bonds. The van der Waals surface area contributed by atoms with E-state index in [9.17, 15) is 0 Å². The Morgan fingerprint density at radius 1 is 0.565 bits per heavy atom.